The molecular formula is C22H23NO5. The third-order valence-corrected chi connectivity index (χ3v) is 5.98. The number of imide groups is 1. The molecule has 0 radical (unpaired) electrons. The van der Waals surface area contributed by atoms with E-state index in [2.05, 4.69) is 0 Å². The number of ketones is 1. The summed E-state index contributed by atoms with van der Waals surface area (Å²) in [6, 6.07) is 6.28. The third-order valence-electron chi connectivity index (χ3n) is 5.98. The van der Waals surface area contributed by atoms with E-state index in [1.807, 2.05) is 12.2 Å². The van der Waals surface area contributed by atoms with Gasteiger partial charge in [-0.1, -0.05) is 39.0 Å². The SMILES string of the molecule is CC(C)(C)C(=O)COC(=O)c1cccc(N2C(=O)[C@@H]3[C@@H](C2=O)[C@@H]2C=C[C@@H]3C2)c1. The van der Waals surface area contributed by atoms with Gasteiger partial charge in [0, 0.05) is 5.41 Å². The molecule has 2 bridgehead atoms. The Hall–Kier alpha value is -2.76. The number of benzene rings is 1. The molecule has 1 aliphatic heterocycles. The van der Waals surface area contributed by atoms with Crippen LogP contribution in [0.2, 0.25) is 0 Å². The molecule has 4 rings (SSSR count). The maximum absolute atomic E-state index is 12.9. The van der Waals surface area contributed by atoms with Gasteiger partial charge in [0.25, 0.3) is 0 Å². The van der Waals surface area contributed by atoms with Crippen molar-refractivity contribution >= 4 is 29.3 Å². The number of rotatable bonds is 4. The minimum atomic E-state index is -0.652. The molecule has 0 aromatic heterocycles. The van der Waals surface area contributed by atoms with Gasteiger partial charge in [0.05, 0.1) is 23.1 Å². The topological polar surface area (TPSA) is 80.8 Å². The zero-order valence-electron chi connectivity index (χ0n) is 16.2. The Bertz CT molecular complexity index is 880. The van der Waals surface area contributed by atoms with Gasteiger partial charge in [-0.2, -0.15) is 0 Å². The highest BCUT2D eigenvalue weighted by molar-refractivity contribution is 6.23. The first-order valence-electron chi connectivity index (χ1n) is 9.55. The van der Waals surface area contributed by atoms with E-state index < -0.39 is 11.4 Å². The van der Waals surface area contributed by atoms with E-state index in [1.54, 1.807) is 39.0 Å². The van der Waals surface area contributed by atoms with E-state index in [1.165, 1.54) is 11.0 Å². The molecular weight excluding hydrogens is 358 g/mol. The molecule has 146 valence electrons. The molecule has 1 heterocycles. The number of nitrogens with zero attached hydrogens (tertiary/aromatic N) is 1. The quantitative estimate of drug-likeness (QED) is 0.455. The fourth-order valence-electron chi connectivity index (χ4n) is 4.36. The zero-order valence-corrected chi connectivity index (χ0v) is 16.2. The Morgan fingerprint density at radius 2 is 1.68 bits per heavy atom. The lowest BCUT2D eigenvalue weighted by atomic mass is 9.85. The van der Waals surface area contributed by atoms with Crippen LogP contribution in [0, 0.1) is 29.1 Å². The molecule has 4 atom stereocenters. The minimum Gasteiger partial charge on any atom is -0.454 e. The minimum absolute atomic E-state index is 0.132. The standard InChI is InChI=1S/C22H23NO5/c1-22(2,3)16(24)11-28-21(27)14-5-4-6-15(10-14)23-19(25)17-12-7-8-13(9-12)18(17)20(23)26/h4-8,10,12-13,17-18H,9,11H2,1-3H3/t12-,13-,17+,18+/m1/s1. The van der Waals surface area contributed by atoms with E-state index in [9.17, 15) is 19.2 Å². The number of hydrogen-bond donors (Lipinski definition) is 0. The van der Waals surface area contributed by atoms with Crippen LogP contribution in [-0.2, 0) is 19.1 Å². The predicted octanol–water partition coefficient (Wildman–Crippen LogP) is 2.77. The lowest BCUT2D eigenvalue weighted by Crippen LogP contribution is -2.33. The summed E-state index contributed by atoms with van der Waals surface area (Å²) in [7, 11) is 0. The molecule has 2 amide bonds. The third kappa shape index (κ3) is 2.87. The first-order valence-corrected chi connectivity index (χ1v) is 9.55. The fourth-order valence-corrected chi connectivity index (χ4v) is 4.36. The van der Waals surface area contributed by atoms with Gasteiger partial charge in [0.1, 0.15) is 0 Å². The molecule has 0 N–H and O–H groups in total. The first kappa shape index (κ1) is 18.6. The largest absolute Gasteiger partial charge is 0.454 e. The van der Waals surface area contributed by atoms with Gasteiger partial charge in [0.2, 0.25) is 11.8 Å². The molecule has 1 saturated heterocycles. The number of anilines is 1. The predicted molar refractivity (Wildman–Crippen MR) is 101 cm³/mol. The molecule has 6 heteroatoms. The van der Waals surface area contributed by atoms with Crippen molar-refractivity contribution < 1.29 is 23.9 Å². The van der Waals surface area contributed by atoms with Crippen LogP contribution in [0.3, 0.4) is 0 Å². The lowest BCUT2D eigenvalue weighted by Gasteiger charge is -2.18. The van der Waals surface area contributed by atoms with E-state index in [-0.39, 0.29) is 53.4 Å². The van der Waals surface area contributed by atoms with E-state index in [0.717, 1.165) is 6.42 Å². The van der Waals surface area contributed by atoms with Crippen LogP contribution in [-0.4, -0.2) is 30.2 Å². The molecule has 0 unspecified atom stereocenters. The Labute approximate surface area is 163 Å². The number of fused-ring (bicyclic) bond motifs is 5. The first-order chi connectivity index (χ1) is 13.2. The Morgan fingerprint density at radius 1 is 1.07 bits per heavy atom. The molecule has 2 fully saturated rings. The highest BCUT2D eigenvalue weighted by Crippen LogP contribution is 2.53. The van der Waals surface area contributed by atoms with Crippen LogP contribution in [0.4, 0.5) is 5.69 Å². The van der Waals surface area contributed by atoms with Crippen molar-refractivity contribution in [3.05, 3.63) is 42.0 Å². The average molecular weight is 381 g/mol. The van der Waals surface area contributed by atoms with Gasteiger partial charge < -0.3 is 4.74 Å². The smallest absolute Gasteiger partial charge is 0.338 e. The summed E-state index contributed by atoms with van der Waals surface area (Å²) in [6.07, 6.45) is 4.95. The second-order valence-corrected chi connectivity index (χ2v) is 8.81. The number of amides is 2. The second kappa shape index (κ2) is 6.40. The number of carbonyl (C=O) groups is 4. The second-order valence-electron chi connectivity index (χ2n) is 8.81. The van der Waals surface area contributed by atoms with Crippen LogP contribution in [0.15, 0.2) is 36.4 Å². The Morgan fingerprint density at radius 3 is 2.25 bits per heavy atom. The monoisotopic (exact) mass is 381 g/mol. The lowest BCUT2D eigenvalue weighted by molar-refractivity contribution is -0.129. The van der Waals surface area contributed by atoms with Crippen molar-refractivity contribution in [1.29, 1.82) is 0 Å². The Kier molecular flexibility index (Phi) is 4.25. The molecule has 3 aliphatic rings. The van der Waals surface area contributed by atoms with Gasteiger partial charge in [-0.05, 0) is 36.5 Å². The molecule has 1 aromatic carbocycles. The van der Waals surface area contributed by atoms with Crippen molar-refractivity contribution in [2.24, 2.45) is 29.1 Å². The number of esters is 1. The van der Waals surface area contributed by atoms with Crippen molar-refractivity contribution in [2.45, 2.75) is 27.2 Å². The molecule has 28 heavy (non-hydrogen) atoms. The highest BCUT2D eigenvalue weighted by atomic mass is 16.5. The fraction of sp³-hybridized carbons (Fsp3) is 0.455. The summed E-state index contributed by atoms with van der Waals surface area (Å²) >= 11 is 0. The number of hydrogen-bond acceptors (Lipinski definition) is 5. The summed E-state index contributed by atoms with van der Waals surface area (Å²) in [5.74, 6) is -1.54. The number of allylic oxidation sites excluding steroid dienone is 2. The molecule has 6 nitrogen and oxygen atoms in total. The van der Waals surface area contributed by atoms with Gasteiger partial charge in [0.15, 0.2) is 12.4 Å². The van der Waals surface area contributed by atoms with Crippen molar-refractivity contribution in [3.8, 4) is 0 Å². The summed E-state index contributed by atoms with van der Waals surface area (Å²) in [5, 5.41) is 0. The summed E-state index contributed by atoms with van der Waals surface area (Å²) in [4.78, 5) is 51.3. The van der Waals surface area contributed by atoms with Crippen molar-refractivity contribution in [3.63, 3.8) is 0 Å². The highest BCUT2D eigenvalue weighted by Gasteiger charge is 2.59. The van der Waals surface area contributed by atoms with Crippen LogP contribution in [0.5, 0.6) is 0 Å². The van der Waals surface area contributed by atoms with Crippen molar-refractivity contribution in [1.82, 2.24) is 0 Å². The van der Waals surface area contributed by atoms with Gasteiger partial charge in [-0.3, -0.25) is 14.4 Å². The maximum Gasteiger partial charge on any atom is 0.338 e. The summed E-state index contributed by atoms with van der Waals surface area (Å²) in [5.41, 5.74) is -0.0137. The molecule has 1 saturated carbocycles. The van der Waals surface area contributed by atoms with Crippen LogP contribution >= 0.6 is 0 Å². The van der Waals surface area contributed by atoms with Crippen LogP contribution in [0.1, 0.15) is 37.6 Å². The number of Topliss-reactive ketones (excluding diaryl/α,β-unsaturated/α-hetero) is 1. The molecule has 1 aromatic rings. The average Bonchev–Trinajstić information content (AvgIpc) is 3.32. The summed E-state index contributed by atoms with van der Waals surface area (Å²) < 4.78 is 5.12. The van der Waals surface area contributed by atoms with E-state index in [4.69, 9.17) is 4.74 Å². The van der Waals surface area contributed by atoms with E-state index >= 15 is 0 Å². The summed E-state index contributed by atoms with van der Waals surface area (Å²) in [6.45, 7) is 4.96. The van der Waals surface area contributed by atoms with Crippen LogP contribution < -0.4 is 4.90 Å². The zero-order chi connectivity index (χ0) is 20.2. The normalized spacial score (nSPS) is 28.0. The van der Waals surface area contributed by atoms with Crippen LogP contribution in [0.25, 0.3) is 0 Å². The maximum atomic E-state index is 12.9. The van der Waals surface area contributed by atoms with Crippen molar-refractivity contribution in [2.75, 3.05) is 11.5 Å². The Balaban J connectivity index is 1.52. The van der Waals surface area contributed by atoms with E-state index in [0.29, 0.717) is 5.69 Å². The van der Waals surface area contributed by atoms with Gasteiger partial charge >= 0.3 is 5.97 Å². The van der Waals surface area contributed by atoms with Gasteiger partial charge in [-0.15, -0.1) is 0 Å². The molecule has 2 aliphatic carbocycles. The number of carbonyl (C=O) groups excluding carboxylic acids is 4. The number of ether oxygens (including phenoxy) is 1. The van der Waals surface area contributed by atoms with Gasteiger partial charge in [-0.25, -0.2) is 9.69 Å². The molecule has 0 spiro atoms.